The topological polar surface area (TPSA) is 77.0 Å². The molecule has 3 fully saturated rings. The zero-order valence-electron chi connectivity index (χ0n) is 20.7. The molecule has 0 spiro atoms. The summed E-state index contributed by atoms with van der Waals surface area (Å²) in [5.74, 6) is -1.11. The number of hydrogen-bond donors (Lipinski definition) is 1. The number of pyridine rings is 1. The summed E-state index contributed by atoms with van der Waals surface area (Å²) < 4.78 is 14.3. The number of amides is 1. The number of nitrogens with zero attached hydrogens (tertiary/aromatic N) is 4. The van der Waals surface area contributed by atoms with Crippen LogP contribution < -0.4 is 4.90 Å². The number of piperazine rings is 1. The van der Waals surface area contributed by atoms with Gasteiger partial charge in [0.15, 0.2) is 17.3 Å². The number of likely N-dealkylation sites (tertiary alicyclic amines) is 1. The van der Waals surface area contributed by atoms with Gasteiger partial charge in [0.25, 0.3) is 0 Å². The highest BCUT2D eigenvalue weighted by molar-refractivity contribution is 6.32. The molecule has 2 aliphatic heterocycles. The number of hydrogen-bond acceptors (Lipinski definition) is 6. The number of phenols is 1. The Labute approximate surface area is 219 Å². The minimum Gasteiger partial charge on any atom is -0.504 e. The van der Waals surface area contributed by atoms with Crippen molar-refractivity contribution in [2.45, 2.75) is 31.3 Å². The highest BCUT2D eigenvalue weighted by atomic mass is 35.5. The average Bonchev–Trinajstić information content (AvgIpc) is 3.53. The SMILES string of the molecule is CN(C)CC(=O)N1C[C@@H]2C[C@H]1CN2c1c(C(=O)C2CC2)cnc2ccc(-c3cc(F)c(O)c(Cl)c3)cc12. The van der Waals surface area contributed by atoms with Crippen molar-refractivity contribution in [2.75, 3.05) is 38.6 Å². The Kier molecular flexibility index (Phi) is 5.84. The van der Waals surface area contributed by atoms with Crippen LogP contribution in [-0.4, -0.2) is 77.4 Å². The van der Waals surface area contributed by atoms with Gasteiger partial charge in [-0.3, -0.25) is 14.6 Å². The zero-order chi connectivity index (χ0) is 26.0. The highest BCUT2D eigenvalue weighted by Gasteiger charge is 2.47. The number of benzene rings is 2. The second kappa shape index (κ2) is 8.96. The Morgan fingerprint density at radius 3 is 2.57 bits per heavy atom. The predicted octanol–water partition coefficient (Wildman–Crippen LogP) is 4.34. The molecule has 2 saturated heterocycles. The molecule has 1 saturated carbocycles. The Hall–Kier alpha value is -3.23. The lowest BCUT2D eigenvalue weighted by Crippen LogP contribution is -2.51. The minimum absolute atomic E-state index is 0.0316. The molecule has 7 nitrogen and oxygen atoms in total. The molecule has 0 radical (unpaired) electrons. The third kappa shape index (κ3) is 4.22. The van der Waals surface area contributed by atoms with Gasteiger partial charge in [0.1, 0.15) is 0 Å². The molecule has 1 aromatic heterocycles. The fourth-order valence-electron chi connectivity index (χ4n) is 5.75. The summed E-state index contributed by atoms with van der Waals surface area (Å²) in [7, 11) is 3.78. The number of phenolic OH excluding ortho intramolecular Hbond substituents is 1. The number of fused-ring (bicyclic) bond motifs is 3. The Morgan fingerprint density at radius 1 is 1.14 bits per heavy atom. The monoisotopic (exact) mass is 522 g/mol. The molecule has 9 heteroatoms. The summed E-state index contributed by atoms with van der Waals surface area (Å²) in [6, 6.07) is 8.60. The van der Waals surface area contributed by atoms with Gasteiger partial charge >= 0.3 is 0 Å². The van der Waals surface area contributed by atoms with Crippen LogP contribution in [0.3, 0.4) is 0 Å². The van der Waals surface area contributed by atoms with Crippen LogP contribution in [0.1, 0.15) is 29.6 Å². The van der Waals surface area contributed by atoms with Crippen molar-refractivity contribution >= 4 is 39.9 Å². The smallest absolute Gasteiger partial charge is 0.237 e. The number of carbonyl (C=O) groups excluding carboxylic acids is 2. The van der Waals surface area contributed by atoms with E-state index in [1.54, 1.807) is 6.20 Å². The van der Waals surface area contributed by atoms with E-state index in [-0.39, 0.29) is 34.7 Å². The molecule has 1 aliphatic carbocycles. The third-order valence-corrected chi connectivity index (χ3v) is 7.99. The normalized spacial score (nSPS) is 20.9. The van der Waals surface area contributed by atoms with Crippen molar-refractivity contribution in [1.82, 2.24) is 14.8 Å². The molecule has 3 aliphatic rings. The zero-order valence-corrected chi connectivity index (χ0v) is 21.5. The largest absolute Gasteiger partial charge is 0.504 e. The van der Waals surface area contributed by atoms with E-state index in [0.717, 1.165) is 35.9 Å². The molecule has 1 N–H and O–H groups in total. The average molecular weight is 523 g/mol. The van der Waals surface area contributed by atoms with Gasteiger partial charge in [-0.15, -0.1) is 0 Å². The quantitative estimate of drug-likeness (QED) is 0.485. The van der Waals surface area contributed by atoms with E-state index in [2.05, 4.69) is 9.88 Å². The van der Waals surface area contributed by atoms with E-state index in [1.165, 1.54) is 12.1 Å². The lowest BCUT2D eigenvalue weighted by molar-refractivity contribution is -0.132. The summed E-state index contributed by atoms with van der Waals surface area (Å²) in [4.78, 5) is 36.9. The van der Waals surface area contributed by atoms with Gasteiger partial charge < -0.3 is 19.8 Å². The highest BCUT2D eigenvalue weighted by Crippen LogP contribution is 2.44. The first-order valence-corrected chi connectivity index (χ1v) is 12.9. The van der Waals surface area contributed by atoms with E-state index in [9.17, 15) is 19.1 Å². The molecule has 2 aromatic carbocycles. The number of aromatic nitrogens is 1. The molecule has 6 rings (SSSR count). The molecule has 3 aromatic rings. The number of anilines is 1. The molecule has 3 heterocycles. The van der Waals surface area contributed by atoms with Crippen LogP contribution >= 0.6 is 11.6 Å². The maximum absolute atomic E-state index is 14.3. The van der Waals surface area contributed by atoms with Gasteiger partial charge in [0, 0.05) is 36.6 Å². The fourth-order valence-corrected chi connectivity index (χ4v) is 5.96. The Bertz CT molecular complexity index is 1420. The van der Waals surface area contributed by atoms with Crippen LogP contribution in [0.4, 0.5) is 10.1 Å². The summed E-state index contributed by atoms with van der Waals surface area (Å²) in [5, 5.41) is 10.5. The van der Waals surface area contributed by atoms with Gasteiger partial charge in [0.05, 0.1) is 34.4 Å². The van der Waals surface area contributed by atoms with Crippen LogP contribution in [-0.2, 0) is 4.79 Å². The van der Waals surface area contributed by atoms with Crippen molar-refractivity contribution in [3.63, 3.8) is 0 Å². The van der Waals surface area contributed by atoms with Crippen LogP contribution in [0.15, 0.2) is 36.5 Å². The molecule has 192 valence electrons. The molecule has 1 amide bonds. The number of ketones is 1. The second-order valence-corrected chi connectivity index (χ2v) is 11.1. The van der Waals surface area contributed by atoms with Crippen molar-refractivity contribution < 1.29 is 19.1 Å². The predicted molar refractivity (Wildman–Crippen MR) is 141 cm³/mol. The van der Waals surface area contributed by atoms with Gasteiger partial charge in [-0.05, 0) is 68.8 Å². The number of halogens is 2. The standard InChI is InChI=1S/C28H28ClFN4O3/c1-32(2)14-25(35)33-12-19-10-18(33)13-34(19)26-20-7-16(17-8-22(29)28(37)23(30)9-17)5-6-24(20)31-11-21(26)27(36)15-3-4-15/h5-9,11,15,18-19,37H,3-4,10,12-14H2,1-2H3/t18-,19-/m0/s1. The van der Waals surface area contributed by atoms with E-state index < -0.39 is 11.6 Å². The first-order chi connectivity index (χ1) is 17.7. The van der Waals surface area contributed by atoms with Gasteiger partial charge in [-0.1, -0.05) is 17.7 Å². The van der Waals surface area contributed by atoms with Crippen LogP contribution in [0.25, 0.3) is 22.0 Å². The van der Waals surface area contributed by atoms with Gasteiger partial charge in [0.2, 0.25) is 5.91 Å². The van der Waals surface area contributed by atoms with Crippen LogP contribution in [0, 0.1) is 11.7 Å². The van der Waals surface area contributed by atoms with Crippen molar-refractivity contribution in [3.8, 4) is 16.9 Å². The lowest BCUT2D eigenvalue weighted by Gasteiger charge is -2.37. The van der Waals surface area contributed by atoms with E-state index in [1.807, 2.05) is 42.1 Å². The second-order valence-electron chi connectivity index (χ2n) is 10.7. The van der Waals surface area contributed by atoms with E-state index in [4.69, 9.17) is 11.6 Å². The number of aromatic hydroxyl groups is 1. The molecular formula is C28H28ClFN4O3. The third-order valence-electron chi connectivity index (χ3n) is 7.70. The van der Waals surface area contributed by atoms with Crippen LogP contribution in [0.5, 0.6) is 5.75 Å². The van der Waals surface area contributed by atoms with E-state index in [0.29, 0.717) is 36.3 Å². The Balaban J connectivity index is 1.44. The lowest BCUT2D eigenvalue weighted by atomic mass is 9.97. The first kappa shape index (κ1) is 24.1. The molecule has 0 unspecified atom stereocenters. The van der Waals surface area contributed by atoms with Crippen molar-refractivity contribution in [2.24, 2.45) is 5.92 Å². The number of likely N-dealkylation sites (N-methyl/N-ethyl adjacent to an activating group) is 1. The van der Waals surface area contributed by atoms with Crippen molar-refractivity contribution in [1.29, 1.82) is 0 Å². The molecule has 37 heavy (non-hydrogen) atoms. The summed E-state index contributed by atoms with van der Waals surface area (Å²) in [5.41, 5.74) is 3.43. The molecule has 2 bridgehead atoms. The van der Waals surface area contributed by atoms with Crippen molar-refractivity contribution in [3.05, 3.63) is 52.9 Å². The number of rotatable bonds is 6. The Morgan fingerprint density at radius 2 is 1.92 bits per heavy atom. The number of carbonyl (C=O) groups is 2. The summed E-state index contributed by atoms with van der Waals surface area (Å²) >= 11 is 6.05. The first-order valence-electron chi connectivity index (χ1n) is 12.6. The summed E-state index contributed by atoms with van der Waals surface area (Å²) in [6.45, 7) is 1.65. The maximum atomic E-state index is 14.3. The summed E-state index contributed by atoms with van der Waals surface area (Å²) in [6.07, 6.45) is 4.33. The number of Topliss-reactive ketones (excluding diaryl/α,β-unsaturated/α-hetero) is 1. The van der Waals surface area contributed by atoms with E-state index >= 15 is 0 Å². The molecule has 2 atom stereocenters. The van der Waals surface area contributed by atoms with Gasteiger partial charge in [-0.25, -0.2) is 4.39 Å². The minimum atomic E-state index is -0.794. The molecular weight excluding hydrogens is 495 g/mol. The van der Waals surface area contributed by atoms with Gasteiger partial charge in [-0.2, -0.15) is 0 Å². The van der Waals surface area contributed by atoms with Crippen LogP contribution in [0.2, 0.25) is 5.02 Å². The fraction of sp³-hybridized carbons (Fsp3) is 0.393. The maximum Gasteiger partial charge on any atom is 0.237 e.